The van der Waals surface area contributed by atoms with Gasteiger partial charge in [0.05, 0.1) is 0 Å². The summed E-state index contributed by atoms with van der Waals surface area (Å²) in [5.41, 5.74) is 1.83. The molecule has 0 aliphatic heterocycles. The highest BCUT2D eigenvalue weighted by Crippen LogP contribution is 2.38. The van der Waals surface area contributed by atoms with Gasteiger partial charge in [-0.05, 0) is 48.8 Å². The Morgan fingerprint density at radius 1 is 1.16 bits per heavy atom. The highest BCUT2D eigenvalue weighted by molar-refractivity contribution is 9.10. The van der Waals surface area contributed by atoms with Gasteiger partial charge in [0.2, 0.25) is 0 Å². The summed E-state index contributed by atoms with van der Waals surface area (Å²) in [7, 11) is 2.24. The molecule has 0 N–H and O–H groups in total. The van der Waals surface area contributed by atoms with Gasteiger partial charge in [0.15, 0.2) is 0 Å². The summed E-state index contributed by atoms with van der Waals surface area (Å²) in [5.74, 6) is 1.03. The van der Waals surface area contributed by atoms with Gasteiger partial charge in [0.1, 0.15) is 0 Å². The van der Waals surface area contributed by atoms with E-state index in [0.717, 1.165) is 16.8 Å². The molecule has 0 heterocycles. The fraction of sp³-hybridized carbons (Fsp3) is 0.625. The smallest absolute Gasteiger partial charge is 0.0230 e. The third kappa shape index (κ3) is 4.51. The molecule has 0 spiro atoms. The van der Waals surface area contributed by atoms with Crippen molar-refractivity contribution < 1.29 is 0 Å². The Bertz CT molecular complexity index is 384. The Hall–Kier alpha value is 0.01000. The van der Waals surface area contributed by atoms with Crippen LogP contribution < -0.4 is 0 Å². The van der Waals surface area contributed by atoms with E-state index in [1.807, 2.05) is 0 Å². The standard InChI is InChI=1S/C16H24BrNS/c1-18(11-14-5-7-15(17)8-6-14)12-16(13-19)9-3-2-4-10-16/h5-8,19H,2-4,9-13H2,1H3. The molecule has 0 saturated heterocycles. The molecule has 0 amide bonds. The summed E-state index contributed by atoms with van der Waals surface area (Å²) in [6.45, 7) is 2.20. The van der Waals surface area contributed by atoms with Crippen molar-refractivity contribution in [1.29, 1.82) is 0 Å². The van der Waals surface area contributed by atoms with E-state index < -0.39 is 0 Å². The van der Waals surface area contributed by atoms with Gasteiger partial charge < -0.3 is 4.90 Å². The lowest BCUT2D eigenvalue weighted by Gasteiger charge is -2.39. The lowest BCUT2D eigenvalue weighted by atomic mass is 9.75. The van der Waals surface area contributed by atoms with Gasteiger partial charge in [-0.1, -0.05) is 47.3 Å². The molecule has 1 saturated carbocycles. The van der Waals surface area contributed by atoms with Crippen LogP contribution in [0.5, 0.6) is 0 Å². The third-order valence-corrected chi connectivity index (χ3v) is 5.42. The van der Waals surface area contributed by atoms with Crippen molar-refractivity contribution in [2.75, 3.05) is 19.3 Å². The van der Waals surface area contributed by atoms with Gasteiger partial charge in [-0.2, -0.15) is 12.6 Å². The van der Waals surface area contributed by atoms with Crippen molar-refractivity contribution >= 4 is 28.6 Å². The highest BCUT2D eigenvalue weighted by Gasteiger charge is 2.31. The second kappa shape index (κ2) is 7.14. The summed E-state index contributed by atoms with van der Waals surface area (Å²) in [5, 5.41) is 0. The van der Waals surface area contributed by atoms with Crippen LogP contribution in [0.15, 0.2) is 28.7 Å². The Labute approximate surface area is 131 Å². The van der Waals surface area contributed by atoms with Gasteiger partial charge in [-0.25, -0.2) is 0 Å². The van der Waals surface area contributed by atoms with E-state index >= 15 is 0 Å². The molecule has 3 heteroatoms. The molecule has 0 atom stereocenters. The van der Waals surface area contributed by atoms with Crippen LogP contribution in [0.3, 0.4) is 0 Å². The van der Waals surface area contributed by atoms with Crippen LogP contribution in [-0.4, -0.2) is 24.2 Å². The number of rotatable bonds is 5. The van der Waals surface area contributed by atoms with E-state index in [0.29, 0.717) is 5.41 Å². The predicted octanol–water partition coefficient (Wildman–Crippen LogP) is 4.76. The zero-order chi connectivity index (χ0) is 13.7. The van der Waals surface area contributed by atoms with Gasteiger partial charge in [0, 0.05) is 17.6 Å². The van der Waals surface area contributed by atoms with Crippen LogP contribution in [0.25, 0.3) is 0 Å². The second-order valence-electron chi connectivity index (χ2n) is 6.02. The summed E-state index contributed by atoms with van der Waals surface area (Å²) in [6.07, 6.45) is 6.87. The maximum Gasteiger partial charge on any atom is 0.0230 e. The Balaban J connectivity index is 1.92. The number of benzene rings is 1. The zero-order valence-corrected chi connectivity index (χ0v) is 14.2. The molecule has 106 valence electrons. The Morgan fingerprint density at radius 3 is 2.37 bits per heavy atom. The van der Waals surface area contributed by atoms with E-state index in [2.05, 4.69) is 64.8 Å². The van der Waals surface area contributed by atoms with Crippen LogP contribution >= 0.6 is 28.6 Å². The second-order valence-corrected chi connectivity index (χ2v) is 7.25. The number of thiol groups is 1. The van der Waals surface area contributed by atoms with Crippen LogP contribution in [0, 0.1) is 5.41 Å². The molecule has 0 bridgehead atoms. The topological polar surface area (TPSA) is 3.24 Å². The SMILES string of the molecule is CN(Cc1ccc(Br)cc1)CC1(CS)CCCCC1. The maximum absolute atomic E-state index is 4.63. The van der Waals surface area contributed by atoms with Crippen molar-refractivity contribution in [2.24, 2.45) is 5.41 Å². The molecule has 2 rings (SSSR count). The summed E-state index contributed by atoms with van der Waals surface area (Å²) >= 11 is 8.12. The van der Waals surface area contributed by atoms with E-state index in [4.69, 9.17) is 0 Å². The minimum absolute atomic E-state index is 0.450. The molecular weight excluding hydrogens is 318 g/mol. The average Bonchev–Trinajstić information content (AvgIpc) is 2.42. The molecule has 1 nitrogen and oxygen atoms in total. The minimum Gasteiger partial charge on any atom is -0.302 e. The predicted molar refractivity (Wildman–Crippen MR) is 89.8 cm³/mol. The molecular formula is C16H24BrNS. The molecule has 1 aliphatic rings. The number of halogens is 1. The highest BCUT2D eigenvalue weighted by atomic mass is 79.9. The third-order valence-electron chi connectivity index (χ3n) is 4.22. The Morgan fingerprint density at radius 2 is 1.79 bits per heavy atom. The fourth-order valence-electron chi connectivity index (χ4n) is 3.20. The van der Waals surface area contributed by atoms with E-state index in [-0.39, 0.29) is 0 Å². The normalized spacial score (nSPS) is 18.7. The molecule has 19 heavy (non-hydrogen) atoms. The first-order chi connectivity index (χ1) is 9.13. The quantitative estimate of drug-likeness (QED) is 0.755. The van der Waals surface area contributed by atoms with Crippen LogP contribution in [0.2, 0.25) is 0 Å². The fourth-order valence-corrected chi connectivity index (χ4v) is 3.88. The maximum atomic E-state index is 4.63. The molecule has 1 fully saturated rings. The van der Waals surface area contributed by atoms with Gasteiger partial charge in [0.25, 0.3) is 0 Å². The summed E-state index contributed by atoms with van der Waals surface area (Å²) in [4.78, 5) is 2.46. The van der Waals surface area contributed by atoms with Crippen LogP contribution in [0.1, 0.15) is 37.7 Å². The Kier molecular flexibility index (Phi) is 5.79. The minimum atomic E-state index is 0.450. The first-order valence-corrected chi connectivity index (χ1v) is 8.60. The van der Waals surface area contributed by atoms with Crippen molar-refractivity contribution in [2.45, 2.75) is 38.6 Å². The van der Waals surface area contributed by atoms with Gasteiger partial charge in [-0.15, -0.1) is 0 Å². The molecule has 0 unspecified atom stereocenters. The average molecular weight is 342 g/mol. The van der Waals surface area contributed by atoms with Crippen LogP contribution in [-0.2, 0) is 6.54 Å². The monoisotopic (exact) mass is 341 g/mol. The first-order valence-electron chi connectivity index (χ1n) is 7.17. The van der Waals surface area contributed by atoms with Gasteiger partial charge >= 0.3 is 0 Å². The molecule has 1 aliphatic carbocycles. The van der Waals surface area contributed by atoms with Gasteiger partial charge in [-0.3, -0.25) is 0 Å². The van der Waals surface area contributed by atoms with Crippen molar-refractivity contribution in [1.82, 2.24) is 4.90 Å². The van der Waals surface area contributed by atoms with Crippen LogP contribution in [0.4, 0.5) is 0 Å². The molecule has 1 aromatic carbocycles. The number of hydrogen-bond acceptors (Lipinski definition) is 2. The first kappa shape index (κ1) is 15.4. The van der Waals surface area contributed by atoms with Crippen molar-refractivity contribution in [3.63, 3.8) is 0 Å². The summed E-state index contributed by atoms with van der Waals surface area (Å²) in [6, 6.07) is 8.65. The molecule has 1 aromatic rings. The van der Waals surface area contributed by atoms with Crippen molar-refractivity contribution in [3.8, 4) is 0 Å². The van der Waals surface area contributed by atoms with E-state index in [1.54, 1.807) is 0 Å². The van der Waals surface area contributed by atoms with E-state index in [1.165, 1.54) is 44.2 Å². The van der Waals surface area contributed by atoms with Crippen molar-refractivity contribution in [3.05, 3.63) is 34.3 Å². The number of nitrogens with zero attached hydrogens (tertiary/aromatic N) is 1. The largest absolute Gasteiger partial charge is 0.302 e. The zero-order valence-electron chi connectivity index (χ0n) is 11.7. The van der Waals surface area contributed by atoms with E-state index in [9.17, 15) is 0 Å². The lowest BCUT2D eigenvalue weighted by Crippen LogP contribution is -2.38. The molecule has 0 aromatic heterocycles. The lowest BCUT2D eigenvalue weighted by molar-refractivity contribution is 0.140. The number of hydrogen-bond donors (Lipinski definition) is 1. The summed E-state index contributed by atoms with van der Waals surface area (Å²) < 4.78 is 1.15. The molecule has 0 radical (unpaired) electrons.